The molecule has 0 saturated carbocycles. The Hall–Kier alpha value is -2.38. The number of nitrogens with one attached hydrogen (secondary N) is 1. The molecule has 0 bridgehead atoms. The summed E-state index contributed by atoms with van der Waals surface area (Å²) < 4.78 is 1.81. The van der Waals surface area contributed by atoms with Crippen molar-refractivity contribution in [2.75, 3.05) is 6.54 Å². The Bertz CT molecular complexity index is 1070. The normalized spacial score (nSPS) is 17.5. The molecule has 0 spiro atoms. The van der Waals surface area contributed by atoms with Gasteiger partial charge in [0.2, 0.25) is 0 Å². The van der Waals surface area contributed by atoms with Gasteiger partial charge in [-0.3, -0.25) is 4.98 Å². The molecule has 0 aromatic carbocycles. The molecular formula is C18H19N6S+. The maximum atomic E-state index is 4.83. The van der Waals surface area contributed by atoms with Gasteiger partial charge < -0.3 is 4.90 Å². The van der Waals surface area contributed by atoms with Crippen LogP contribution in [0.15, 0.2) is 30.9 Å². The van der Waals surface area contributed by atoms with E-state index in [1.54, 1.807) is 23.6 Å². The van der Waals surface area contributed by atoms with Gasteiger partial charge in [-0.05, 0) is 31.5 Å². The molecule has 126 valence electrons. The molecular weight excluding hydrogens is 332 g/mol. The number of nitrogens with zero attached hydrogens (tertiary/aromatic N) is 5. The Morgan fingerprint density at radius 3 is 2.88 bits per heavy atom. The molecule has 5 rings (SSSR count). The summed E-state index contributed by atoms with van der Waals surface area (Å²) in [6, 6.07) is 4.52. The van der Waals surface area contributed by atoms with Gasteiger partial charge in [-0.15, -0.1) is 16.4 Å². The van der Waals surface area contributed by atoms with E-state index in [4.69, 9.17) is 4.98 Å². The molecule has 1 atom stereocenters. The van der Waals surface area contributed by atoms with Gasteiger partial charge in [-0.1, -0.05) is 0 Å². The summed E-state index contributed by atoms with van der Waals surface area (Å²) in [6.07, 6.45) is 6.40. The molecule has 25 heavy (non-hydrogen) atoms. The van der Waals surface area contributed by atoms with Gasteiger partial charge in [0.25, 0.3) is 0 Å². The maximum absolute atomic E-state index is 4.83. The van der Waals surface area contributed by atoms with Gasteiger partial charge in [0.15, 0.2) is 11.5 Å². The number of hydrogen-bond donors (Lipinski definition) is 1. The third kappa shape index (κ3) is 2.34. The number of quaternary nitrogens is 1. The Kier molecular flexibility index (Phi) is 3.33. The predicted molar refractivity (Wildman–Crippen MR) is 97.8 cm³/mol. The highest BCUT2D eigenvalue weighted by Crippen LogP contribution is 2.34. The van der Waals surface area contributed by atoms with E-state index in [2.05, 4.69) is 28.9 Å². The molecule has 5 heterocycles. The molecule has 7 heteroatoms. The summed E-state index contributed by atoms with van der Waals surface area (Å²) in [7, 11) is 0. The molecule has 0 fully saturated rings. The highest BCUT2D eigenvalue weighted by molar-refractivity contribution is 7.19. The average Bonchev–Trinajstić information content (AvgIpc) is 3.22. The summed E-state index contributed by atoms with van der Waals surface area (Å²) in [5.74, 6) is 0.724. The Morgan fingerprint density at radius 2 is 2.08 bits per heavy atom. The van der Waals surface area contributed by atoms with E-state index in [0.717, 1.165) is 34.8 Å². The first-order valence-electron chi connectivity index (χ1n) is 8.61. The quantitative estimate of drug-likeness (QED) is 0.598. The Labute approximate surface area is 149 Å². The molecule has 4 aromatic rings. The third-order valence-corrected chi connectivity index (χ3v) is 6.19. The minimum Gasteiger partial charge on any atom is -0.328 e. The number of thiophene rings is 1. The zero-order valence-corrected chi connectivity index (χ0v) is 15.0. The molecule has 1 aliphatic heterocycles. The van der Waals surface area contributed by atoms with E-state index in [1.807, 2.05) is 28.0 Å². The minimum absolute atomic E-state index is 0.651. The van der Waals surface area contributed by atoms with Crippen molar-refractivity contribution in [2.45, 2.75) is 32.9 Å². The smallest absolute Gasteiger partial charge is 0.182 e. The van der Waals surface area contributed by atoms with E-state index < -0.39 is 0 Å². The second-order valence-electron chi connectivity index (χ2n) is 6.86. The molecule has 1 N–H and O–H groups in total. The fourth-order valence-corrected chi connectivity index (χ4v) is 4.84. The van der Waals surface area contributed by atoms with Gasteiger partial charge in [0, 0.05) is 24.4 Å². The van der Waals surface area contributed by atoms with Crippen molar-refractivity contribution in [1.29, 1.82) is 0 Å². The third-order valence-electron chi connectivity index (χ3n) is 5.05. The van der Waals surface area contributed by atoms with Crippen LogP contribution in [0.2, 0.25) is 0 Å². The van der Waals surface area contributed by atoms with Crippen LogP contribution in [0, 0.1) is 0 Å². The standard InChI is InChI=1S/C18H18N6S/c1-11(2)23-8-5-13-14(9-23)25-18-15(13)17-21-16(22-24(17)10-20-18)12-3-6-19-7-4-12/h3-4,6-7,10-11H,5,8-9H2,1-2H3/p+1. The number of aromatic nitrogens is 5. The summed E-state index contributed by atoms with van der Waals surface area (Å²) in [5.41, 5.74) is 3.32. The fourth-order valence-electron chi connectivity index (χ4n) is 3.60. The summed E-state index contributed by atoms with van der Waals surface area (Å²) in [6.45, 7) is 6.85. The summed E-state index contributed by atoms with van der Waals surface area (Å²) in [5, 5.41) is 5.81. The molecule has 4 aromatic heterocycles. The second-order valence-corrected chi connectivity index (χ2v) is 7.94. The SMILES string of the molecule is CC(C)[NH+]1CCc2c(sc3ncn4nc(-c5ccncc5)nc4c23)C1. The van der Waals surface area contributed by atoms with Crippen LogP contribution in [0.3, 0.4) is 0 Å². The van der Waals surface area contributed by atoms with Crippen molar-refractivity contribution in [3.8, 4) is 11.4 Å². The van der Waals surface area contributed by atoms with Crippen molar-refractivity contribution in [3.63, 3.8) is 0 Å². The van der Waals surface area contributed by atoms with E-state index in [0.29, 0.717) is 6.04 Å². The van der Waals surface area contributed by atoms with Crippen molar-refractivity contribution in [2.24, 2.45) is 0 Å². The van der Waals surface area contributed by atoms with Crippen molar-refractivity contribution < 1.29 is 4.90 Å². The van der Waals surface area contributed by atoms with Gasteiger partial charge >= 0.3 is 0 Å². The van der Waals surface area contributed by atoms with Crippen LogP contribution < -0.4 is 4.90 Å². The molecule has 0 saturated heterocycles. The number of fused-ring (bicyclic) bond motifs is 5. The molecule has 0 amide bonds. The van der Waals surface area contributed by atoms with E-state index in [1.165, 1.54) is 22.4 Å². The van der Waals surface area contributed by atoms with E-state index in [9.17, 15) is 0 Å². The maximum Gasteiger partial charge on any atom is 0.182 e. The average molecular weight is 351 g/mol. The Morgan fingerprint density at radius 1 is 1.24 bits per heavy atom. The highest BCUT2D eigenvalue weighted by atomic mass is 32.1. The topological polar surface area (TPSA) is 60.4 Å². The first-order chi connectivity index (χ1) is 12.2. The number of rotatable bonds is 2. The Balaban J connectivity index is 1.69. The van der Waals surface area contributed by atoms with Crippen molar-refractivity contribution >= 4 is 27.2 Å². The highest BCUT2D eigenvalue weighted by Gasteiger charge is 2.27. The van der Waals surface area contributed by atoms with Crippen LogP contribution in [0.25, 0.3) is 27.3 Å². The van der Waals surface area contributed by atoms with Gasteiger partial charge in [-0.25, -0.2) is 14.5 Å². The van der Waals surface area contributed by atoms with Crippen LogP contribution in [0.4, 0.5) is 0 Å². The van der Waals surface area contributed by atoms with Crippen LogP contribution >= 0.6 is 11.3 Å². The summed E-state index contributed by atoms with van der Waals surface area (Å²) in [4.78, 5) is 17.7. The lowest BCUT2D eigenvalue weighted by molar-refractivity contribution is -0.936. The monoisotopic (exact) mass is 351 g/mol. The lowest BCUT2D eigenvalue weighted by atomic mass is 10.0. The van der Waals surface area contributed by atoms with Gasteiger partial charge in [0.1, 0.15) is 17.7 Å². The summed E-state index contributed by atoms with van der Waals surface area (Å²) >= 11 is 1.82. The largest absolute Gasteiger partial charge is 0.328 e. The number of pyridine rings is 1. The number of hydrogen-bond acceptors (Lipinski definition) is 5. The van der Waals surface area contributed by atoms with Gasteiger partial charge in [0.05, 0.1) is 22.8 Å². The van der Waals surface area contributed by atoms with Crippen LogP contribution in [-0.2, 0) is 13.0 Å². The van der Waals surface area contributed by atoms with Crippen LogP contribution in [-0.4, -0.2) is 37.2 Å². The predicted octanol–water partition coefficient (Wildman–Crippen LogP) is 1.75. The molecule has 6 nitrogen and oxygen atoms in total. The van der Waals surface area contributed by atoms with E-state index >= 15 is 0 Å². The fraction of sp³-hybridized carbons (Fsp3) is 0.333. The van der Waals surface area contributed by atoms with Crippen molar-refractivity contribution in [3.05, 3.63) is 41.3 Å². The lowest BCUT2D eigenvalue weighted by Gasteiger charge is -2.27. The van der Waals surface area contributed by atoms with Crippen LogP contribution in [0.5, 0.6) is 0 Å². The first-order valence-corrected chi connectivity index (χ1v) is 9.43. The van der Waals surface area contributed by atoms with Gasteiger partial charge in [-0.2, -0.15) is 0 Å². The van der Waals surface area contributed by atoms with Crippen molar-refractivity contribution in [1.82, 2.24) is 24.6 Å². The van der Waals surface area contributed by atoms with Crippen LogP contribution in [0.1, 0.15) is 24.3 Å². The zero-order valence-electron chi connectivity index (χ0n) is 14.2. The minimum atomic E-state index is 0.651. The molecule has 1 aliphatic rings. The lowest BCUT2D eigenvalue weighted by Crippen LogP contribution is -3.14. The zero-order chi connectivity index (χ0) is 17.0. The van der Waals surface area contributed by atoms with E-state index in [-0.39, 0.29) is 0 Å². The molecule has 0 aliphatic carbocycles. The molecule has 1 unspecified atom stereocenters. The molecule has 0 radical (unpaired) electrons. The second kappa shape index (κ2) is 5.57. The first kappa shape index (κ1) is 14.9.